The fraction of sp³-hybridized carbons (Fsp3) is 0.133. The quantitative estimate of drug-likeness (QED) is 0.857. The molecule has 2 aromatic rings. The van der Waals surface area contributed by atoms with E-state index in [9.17, 15) is 9.18 Å². The van der Waals surface area contributed by atoms with Crippen molar-refractivity contribution >= 4 is 27.5 Å². The number of hydrogen-bond donors (Lipinski definition) is 1. The number of nitrogen functional groups attached to an aromatic ring is 1. The molecule has 0 saturated carbocycles. The molecule has 0 fully saturated rings. The molecule has 110 valence electrons. The van der Waals surface area contributed by atoms with Crippen LogP contribution in [-0.4, -0.2) is 24.9 Å². The number of anilines is 1. The summed E-state index contributed by atoms with van der Waals surface area (Å²) in [6.07, 6.45) is 0. The fourth-order valence-corrected chi connectivity index (χ4v) is 2.04. The highest BCUT2D eigenvalue weighted by Gasteiger charge is 2.12. The van der Waals surface area contributed by atoms with Gasteiger partial charge in [0.05, 0.1) is 5.69 Å². The highest BCUT2D eigenvalue weighted by atomic mass is 79.9. The van der Waals surface area contributed by atoms with E-state index >= 15 is 0 Å². The Hall–Kier alpha value is -2.08. The van der Waals surface area contributed by atoms with Crippen LogP contribution in [0.25, 0.3) is 0 Å². The molecule has 0 atom stereocenters. The number of amides is 1. The normalized spacial score (nSPS) is 10.3. The van der Waals surface area contributed by atoms with Crippen molar-refractivity contribution in [2.45, 2.75) is 0 Å². The highest BCUT2D eigenvalue weighted by molar-refractivity contribution is 9.10. The van der Waals surface area contributed by atoms with Crippen molar-refractivity contribution in [1.29, 1.82) is 0 Å². The van der Waals surface area contributed by atoms with Gasteiger partial charge in [-0.2, -0.15) is 0 Å². The summed E-state index contributed by atoms with van der Waals surface area (Å²) in [6.45, 7) is 0. The molecule has 0 bridgehead atoms. The van der Waals surface area contributed by atoms with E-state index in [0.717, 1.165) is 0 Å². The lowest BCUT2D eigenvalue weighted by Gasteiger charge is -2.13. The largest absolute Gasteiger partial charge is 0.452 e. The van der Waals surface area contributed by atoms with Crippen molar-refractivity contribution in [3.8, 4) is 11.5 Å². The molecule has 0 aliphatic rings. The number of rotatable bonds is 3. The van der Waals surface area contributed by atoms with Crippen molar-refractivity contribution < 1.29 is 13.9 Å². The Bertz CT molecular complexity index is 689. The molecular formula is C15H14BrFN2O2. The molecule has 2 rings (SSSR count). The van der Waals surface area contributed by atoms with Crippen molar-refractivity contribution in [2.75, 3.05) is 19.8 Å². The summed E-state index contributed by atoms with van der Waals surface area (Å²) in [5, 5.41) is 0. The van der Waals surface area contributed by atoms with Crippen LogP contribution >= 0.6 is 15.9 Å². The number of nitrogens with zero attached hydrogens (tertiary/aromatic N) is 1. The Balaban J connectivity index is 2.27. The summed E-state index contributed by atoms with van der Waals surface area (Å²) in [5.74, 6) is -0.302. The predicted molar refractivity (Wildman–Crippen MR) is 83.0 cm³/mol. The maximum atomic E-state index is 13.7. The Kier molecular flexibility index (Phi) is 4.47. The van der Waals surface area contributed by atoms with Gasteiger partial charge in [0.2, 0.25) is 0 Å². The van der Waals surface area contributed by atoms with Crippen LogP contribution < -0.4 is 10.5 Å². The Morgan fingerprint density at radius 2 is 1.86 bits per heavy atom. The van der Waals surface area contributed by atoms with Gasteiger partial charge in [0.25, 0.3) is 5.91 Å². The number of carbonyl (C=O) groups is 1. The van der Waals surface area contributed by atoms with Crippen LogP contribution in [0.2, 0.25) is 0 Å². The third kappa shape index (κ3) is 3.52. The van der Waals surface area contributed by atoms with Gasteiger partial charge >= 0.3 is 0 Å². The molecule has 4 nitrogen and oxygen atoms in total. The molecule has 0 aliphatic heterocycles. The molecular weight excluding hydrogens is 339 g/mol. The zero-order valence-corrected chi connectivity index (χ0v) is 13.1. The molecule has 2 aromatic carbocycles. The van der Waals surface area contributed by atoms with E-state index < -0.39 is 5.82 Å². The zero-order valence-electron chi connectivity index (χ0n) is 11.6. The third-order valence-electron chi connectivity index (χ3n) is 2.78. The number of ether oxygens (including phenoxy) is 1. The van der Waals surface area contributed by atoms with Crippen LogP contribution in [-0.2, 0) is 0 Å². The lowest BCUT2D eigenvalue weighted by atomic mass is 10.1. The van der Waals surface area contributed by atoms with Gasteiger partial charge in [0.1, 0.15) is 0 Å². The molecule has 21 heavy (non-hydrogen) atoms. The number of hydrogen-bond acceptors (Lipinski definition) is 3. The molecule has 0 radical (unpaired) electrons. The van der Waals surface area contributed by atoms with Gasteiger partial charge in [0, 0.05) is 24.1 Å². The second-order valence-corrected chi connectivity index (χ2v) is 5.54. The van der Waals surface area contributed by atoms with E-state index in [1.165, 1.54) is 23.1 Å². The first-order chi connectivity index (χ1) is 9.88. The second-order valence-electron chi connectivity index (χ2n) is 4.63. The number of carbonyl (C=O) groups excluding carboxylic acids is 1. The van der Waals surface area contributed by atoms with E-state index in [-0.39, 0.29) is 17.3 Å². The summed E-state index contributed by atoms with van der Waals surface area (Å²) >= 11 is 3.17. The standard InChI is InChI=1S/C15H14BrFN2O2/c1-19(2)15(20)9-3-5-14(12(18)7-9)21-13-6-4-10(16)8-11(13)17/h3-8H,18H2,1-2H3. The fourth-order valence-electron chi connectivity index (χ4n) is 1.71. The minimum Gasteiger partial charge on any atom is -0.452 e. The summed E-state index contributed by atoms with van der Waals surface area (Å²) in [4.78, 5) is 13.3. The summed E-state index contributed by atoms with van der Waals surface area (Å²) in [6, 6.07) is 9.11. The lowest BCUT2D eigenvalue weighted by Crippen LogP contribution is -2.21. The number of nitrogens with two attached hydrogens (primary N) is 1. The molecule has 0 aliphatic carbocycles. The van der Waals surface area contributed by atoms with Crippen LogP contribution in [0.4, 0.5) is 10.1 Å². The Morgan fingerprint density at radius 1 is 1.19 bits per heavy atom. The van der Waals surface area contributed by atoms with Crippen LogP contribution in [0.1, 0.15) is 10.4 Å². The average molecular weight is 353 g/mol. The van der Waals surface area contributed by atoms with Crippen LogP contribution in [0, 0.1) is 5.82 Å². The van der Waals surface area contributed by atoms with Crippen LogP contribution in [0.5, 0.6) is 11.5 Å². The minimum atomic E-state index is -0.503. The lowest BCUT2D eigenvalue weighted by molar-refractivity contribution is 0.0827. The van der Waals surface area contributed by atoms with Crippen molar-refractivity contribution in [3.05, 3.63) is 52.3 Å². The van der Waals surface area contributed by atoms with Gasteiger partial charge in [-0.05, 0) is 36.4 Å². The van der Waals surface area contributed by atoms with E-state index in [0.29, 0.717) is 15.8 Å². The van der Waals surface area contributed by atoms with Gasteiger partial charge in [-0.1, -0.05) is 15.9 Å². The Labute approximate surface area is 130 Å². The van der Waals surface area contributed by atoms with E-state index in [2.05, 4.69) is 15.9 Å². The molecule has 6 heteroatoms. The summed E-state index contributed by atoms with van der Waals surface area (Å²) < 4.78 is 19.8. The second kappa shape index (κ2) is 6.13. The van der Waals surface area contributed by atoms with Gasteiger partial charge in [-0.25, -0.2) is 4.39 Å². The first kappa shape index (κ1) is 15.3. The van der Waals surface area contributed by atoms with Crippen LogP contribution in [0.3, 0.4) is 0 Å². The smallest absolute Gasteiger partial charge is 0.253 e. The van der Waals surface area contributed by atoms with Crippen molar-refractivity contribution in [1.82, 2.24) is 4.90 Å². The van der Waals surface area contributed by atoms with E-state index in [1.807, 2.05) is 0 Å². The number of benzene rings is 2. The molecule has 0 aromatic heterocycles. The molecule has 0 spiro atoms. The van der Waals surface area contributed by atoms with Gasteiger partial charge < -0.3 is 15.4 Å². The molecule has 0 saturated heterocycles. The van der Waals surface area contributed by atoms with Crippen molar-refractivity contribution in [3.63, 3.8) is 0 Å². The van der Waals surface area contributed by atoms with Gasteiger partial charge in [0.15, 0.2) is 17.3 Å². The van der Waals surface area contributed by atoms with Crippen LogP contribution in [0.15, 0.2) is 40.9 Å². The Morgan fingerprint density at radius 3 is 2.43 bits per heavy atom. The van der Waals surface area contributed by atoms with E-state index in [4.69, 9.17) is 10.5 Å². The first-order valence-electron chi connectivity index (χ1n) is 6.12. The average Bonchev–Trinajstić information content (AvgIpc) is 2.42. The maximum Gasteiger partial charge on any atom is 0.253 e. The summed E-state index contributed by atoms with van der Waals surface area (Å²) in [7, 11) is 3.31. The number of halogens is 2. The highest BCUT2D eigenvalue weighted by Crippen LogP contribution is 2.31. The first-order valence-corrected chi connectivity index (χ1v) is 6.92. The molecule has 0 unspecified atom stereocenters. The van der Waals surface area contributed by atoms with E-state index in [1.54, 1.807) is 32.3 Å². The monoisotopic (exact) mass is 352 g/mol. The minimum absolute atomic E-state index is 0.0663. The topological polar surface area (TPSA) is 55.6 Å². The van der Waals surface area contributed by atoms with Gasteiger partial charge in [-0.3, -0.25) is 4.79 Å². The SMILES string of the molecule is CN(C)C(=O)c1ccc(Oc2ccc(Br)cc2F)c(N)c1. The van der Waals surface area contributed by atoms with Gasteiger partial charge in [-0.15, -0.1) is 0 Å². The summed E-state index contributed by atoms with van der Waals surface area (Å²) in [5.41, 5.74) is 6.57. The maximum absolute atomic E-state index is 13.7. The predicted octanol–water partition coefficient (Wildman–Crippen LogP) is 3.66. The van der Waals surface area contributed by atoms with Crippen molar-refractivity contribution in [2.24, 2.45) is 0 Å². The molecule has 0 heterocycles. The third-order valence-corrected chi connectivity index (χ3v) is 3.27. The molecule has 2 N–H and O–H groups in total. The molecule has 1 amide bonds. The zero-order chi connectivity index (χ0) is 15.6.